The van der Waals surface area contributed by atoms with Crippen molar-refractivity contribution in [3.8, 4) is 0 Å². The molecule has 0 unspecified atom stereocenters. The predicted octanol–water partition coefficient (Wildman–Crippen LogP) is 5.52. The Morgan fingerprint density at radius 3 is 2.06 bits per heavy atom. The number of hydrogen-bond acceptors (Lipinski definition) is 4. The van der Waals surface area contributed by atoms with Crippen LogP contribution in [0.25, 0.3) is 11.2 Å². The second kappa shape index (κ2) is 10.9. The van der Waals surface area contributed by atoms with Gasteiger partial charge in [-0.3, -0.25) is 4.90 Å². The third kappa shape index (κ3) is 5.23. The zero-order valence-electron chi connectivity index (χ0n) is 21.2. The van der Waals surface area contributed by atoms with Crippen molar-refractivity contribution in [2.24, 2.45) is 0 Å². The van der Waals surface area contributed by atoms with Gasteiger partial charge < -0.3 is 9.47 Å². The highest BCUT2D eigenvalue weighted by Gasteiger charge is 2.30. The summed E-state index contributed by atoms with van der Waals surface area (Å²) in [5.74, 6) is 1.19. The van der Waals surface area contributed by atoms with Crippen LogP contribution in [-0.2, 0) is 19.4 Å². The average molecular weight is 480 g/mol. The zero-order valence-corrected chi connectivity index (χ0v) is 21.2. The molecule has 2 saturated heterocycles. The quantitative estimate of drug-likeness (QED) is 0.350. The Hall–Kier alpha value is -3.02. The summed E-state index contributed by atoms with van der Waals surface area (Å²) in [4.78, 5) is 15.2. The molecule has 0 atom stereocenters. The number of benzene rings is 2. The lowest BCUT2D eigenvalue weighted by molar-refractivity contribution is 0.0769. The molecule has 4 heterocycles. The highest BCUT2D eigenvalue weighted by Crippen LogP contribution is 2.31. The molecule has 2 aromatic heterocycles. The molecular weight excluding hydrogens is 442 g/mol. The van der Waals surface area contributed by atoms with E-state index in [0.717, 1.165) is 36.6 Å². The largest absolute Gasteiger partial charge is 0.309 e. The number of rotatable bonds is 7. The molecule has 0 bridgehead atoms. The number of aromatic nitrogens is 3. The fourth-order valence-corrected chi connectivity index (χ4v) is 6.23. The molecule has 0 radical (unpaired) electrons. The summed E-state index contributed by atoms with van der Waals surface area (Å²) < 4.78 is 2.48. The minimum absolute atomic E-state index is 0.491. The Morgan fingerprint density at radius 2 is 1.33 bits per heavy atom. The molecule has 6 rings (SSSR count). The number of likely N-dealkylation sites (tertiary alicyclic amines) is 2. The number of fused-ring (bicyclic) bond motifs is 1. The highest BCUT2D eigenvalue weighted by molar-refractivity contribution is 5.71. The molecule has 0 aliphatic carbocycles. The number of imidazole rings is 1. The minimum Gasteiger partial charge on any atom is -0.309 e. The normalized spacial score (nSPS) is 18.7. The van der Waals surface area contributed by atoms with Gasteiger partial charge in [-0.25, -0.2) is 9.97 Å². The van der Waals surface area contributed by atoms with Crippen molar-refractivity contribution in [1.29, 1.82) is 0 Å². The van der Waals surface area contributed by atoms with Crippen LogP contribution in [0.1, 0.15) is 48.7 Å². The zero-order chi connectivity index (χ0) is 24.2. The van der Waals surface area contributed by atoms with E-state index in [9.17, 15) is 0 Å². The van der Waals surface area contributed by atoms with Crippen LogP contribution in [-0.4, -0.2) is 56.6 Å². The van der Waals surface area contributed by atoms with Gasteiger partial charge in [0.1, 0.15) is 11.3 Å². The molecule has 4 aromatic rings. The van der Waals surface area contributed by atoms with Gasteiger partial charge in [-0.15, -0.1) is 0 Å². The third-order valence-corrected chi connectivity index (χ3v) is 8.19. The number of hydrogen-bond donors (Lipinski definition) is 0. The average Bonchev–Trinajstić information content (AvgIpc) is 3.32. The topological polar surface area (TPSA) is 37.2 Å². The van der Waals surface area contributed by atoms with E-state index in [-0.39, 0.29) is 0 Å². The van der Waals surface area contributed by atoms with Crippen molar-refractivity contribution in [2.45, 2.75) is 57.2 Å². The lowest BCUT2D eigenvalue weighted by Crippen LogP contribution is -2.47. The maximum atomic E-state index is 5.04. The second-order valence-corrected chi connectivity index (χ2v) is 10.5. The molecular formula is C31H37N5. The van der Waals surface area contributed by atoms with Gasteiger partial charge in [-0.1, -0.05) is 60.7 Å². The van der Waals surface area contributed by atoms with Gasteiger partial charge in [0, 0.05) is 44.3 Å². The molecule has 0 N–H and O–H groups in total. The number of piperidine rings is 2. The SMILES string of the molecule is c1ccc(CCc2nc3cccnc3n2C2CCN(C3CCN(Cc4ccccc4)CC3)CC2)cc1. The van der Waals surface area contributed by atoms with E-state index < -0.39 is 0 Å². The van der Waals surface area contributed by atoms with Crippen LogP contribution in [0.4, 0.5) is 0 Å². The molecule has 2 aliphatic rings. The van der Waals surface area contributed by atoms with Crippen LogP contribution in [0.5, 0.6) is 0 Å². The van der Waals surface area contributed by atoms with E-state index in [1.165, 1.54) is 68.8 Å². The summed E-state index contributed by atoms with van der Waals surface area (Å²) in [7, 11) is 0. The summed E-state index contributed by atoms with van der Waals surface area (Å²) in [6.45, 7) is 5.86. The lowest BCUT2D eigenvalue weighted by Gasteiger charge is -2.42. The van der Waals surface area contributed by atoms with Gasteiger partial charge in [0.25, 0.3) is 0 Å². The van der Waals surface area contributed by atoms with E-state index in [1.54, 1.807) is 0 Å². The number of nitrogens with zero attached hydrogens (tertiary/aromatic N) is 5. The molecule has 0 amide bonds. The van der Waals surface area contributed by atoms with E-state index in [1.807, 2.05) is 12.3 Å². The maximum absolute atomic E-state index is 5.04. The molecule has 2 fully saturated rings. The van der Waals surface area contributed by atoms with E-state index in [2.05, 4.69) is 81.1 Å². The molecule has 36 heavy (non-hydrogen) atoms. The Kier molecular flexibility index (Phi) is 7.10. The molecule has 2 aromatic carbocycles. The van der Waals surface area contributed by atoms with E-state index in [0.29, 0.717) is 6.04 Å². The van der Waals surface area contributed by atoms with Gasteiger partial charge in [0.2, 0.25) is 0 Å². The van der Waals surface area contributed by atoms with Crippen molar-refractivity contribution in [2.75, 3.05) is 26.2 Å². The Morgan fingerprint density at radius 1 is 0.667 bits per heavy atom. The summed E-state index contributed by atoms with van der Waals surface area (Å²) in [6.07, 6.45) is 8.84. The van der Waals surface area contributed by atoms with Gasteiger partial charge >= 0.3 is 0 Å². The van der Waals surface area contributed by atoms with Crippen molar-refractivity contribution < 1.29 is 0 Å². The second-order valence-electron chi connectivity index (χ2n) is 10.5. The van der Waals surface area contributed by atoms with Gasteiger partial charge in [-0.05, 0) is 68.5 Å². The highest BCUT2D eigenvalue weighted by atomic mass is 15.2. The van der Waals surface area contributed by atoms with Crippen LogP contribution < -0.4 is 0 Å². The first-order valence-corrected chi connectivity index (χ1v) is 13.7. The van der Waals surface area contributed by atoms with Gasteiger partial charge in [0.05, 0.1) is 0 Å². The number of aryl methyl sites for hydroxylation is 2. The summed E-state index contributed by atoms with van der Waals surface area (Å²) in [6, 6.07) is 27.0. The molecule has 5 heteroatoms. The fourth-order valence-electron chi connectivity index (χ4n) is 6.23. The van der Waals surface area contributed by atoms with Crippen LogP contribution in [0, 0.1) is 0 Å². The molecule has 2 aliphatic heterocycles. The molecule has 0 spiro atoms. The third-order valence-electron chi connectivity index (χ3n) is 8.19. The van der Waals surface area contributed by atoms with E-state index in [4.69, 9.17) is 9.97 Å². The first-order chi connectivity index (χ1) is 17.8. The first-order valence-electron chi connectivity index (χ1n) is 13.7. The minimum atomic E-state index is 0.491. The Labute approximate surface area is 214 Å². The van der Waals surface area contributed by atoms with Crippen LogP contribution >= 0.6 is 0 Å². The van der Waals surface area contributed by atoms with Gasteiger partial charge in [0.15, 0.2) is 5.65 Å². The molecule has 186 valence electrons. The predicted molar refractivity (Wildman–Crippen MR) is 146 cm³/mol. The van der Waals surface area contributed by atoms with Crippen LogP contribution in [0.2, 0.25) is 0 Å². The van der Waals surface area contributed by atoms with Crippen LogP contribution in [0.3, 0.4) is 0 Å². The van der Waals surface area contributed by atoms with E-state index >= 15 is 0 Å². The van der Waals surface area contributed by atoms with Crippen molar-refractivity contribution >= 4 is 11.2 Å². The number of pyridine rings is 1. The van der Waals surface area contributed by atoms with Gasteiger partial charge in [-0.2, -0.15) is 0 Å². The standard InChI is InChI=1S/C31H37N5/c1-3-8-25(9-4-1)13-14-30-33-29-12-7-19-32-31(29)36(30)28-17-22-35(23-18-28)27-15-20-34(21-16-27)24-26-10-5-2-6-11-26/h1-12,19,27-28H,13-18,20-24H2. The fraction of sp³-hybridized carbons (Fsp3) is 0.419. The lowest BCUT2D eigenvalue weighted by atomic mass is 9.97. The van der Waals surface area contributed by atoms with Crippen molar-refractivity contribution in [3.05, 3.63) is 95.9 Å². The maximum Gasteiger partial charge on any atom is 0.160 e. The molecule has 5 nitrogen and oxygen atoms in total. The van der Waals surface area contributed by atoms with Crippen molar-refractivity contribution in [1.82, 2.24) is 24.3 Å². The Bertz CT molecular complexity index is 1240. The van der Waals surface area contributed by atoms with Crippen molar-refractivity contribution in [3.63, 3.8) is 0 Å². The van der Waals surface area contributed by atoms with Crippen LogP contribution in [0.15, 0.2) is 79.0 Å². The monoisotopic (exact) mass is 479 g/mol. The summed E-state index contributed by atoms with van der Waals surface area (Å²) in [5, 5.41) is 0. The smallest absolute Gasteiger partial charge is 0.160 e. The molecule has 0 saturated carbocycles. The first kappa shape index (κ1) is 23.4. The summed E-state index contributed by atoms with van der Waals surface area (Å²) >= 11 is 0. The Balaban J connectivity index is 1.08. The summed E-state index contributed by atoms with van der Waals surface area (Å²) in [5.41, 5.74) is 4.90.